The Bertz CT molecular complexity index is 631. The number of aromatic nitrogens is 1. The molecular formula is C13H12FN3O2. The Balaban J connectivity index is 2.49. The van der Waals surface area contributed by atoms with Gasteiger partial charge in [-0.3, -0.25) is 0 Å². The number of carbonyl (C=O) groups is 1. The van der Waals surface area contributed by atoms with Gasteiger partial charge in [0.05, 0.1) is 11.4 Å². The van der Waals surface area contributed by atoms with E-state index in [1.807, 2.05) is 0 Å². The van der Waals surface area contributed by atoms with Gasteiger partial charge in [0.1, 0.15) is 5.82 Å². The molecule has 0 atom stereocenters. The van der Waals surface area contributed by atoms with Gasteiger partial charge >= 0.3 is 5.97 Å². The molecule has 0 amide bonds. The average molecular weight is 261 g/mol. The minimum Gasteiger partial charge on any atom is -0.477 e. The summed E-state index contributed by atoms with van der Waals surface area (Å²) in [6.45, 7) is 0. The zero-order chi connectivity index (χ0) is 14.0. The van der Waals surface area contributed by atoms with Crippen molar-refractivity contribution in [3.63, 3.8) is 0 Å². The van der Waals surface area contributed by atoms with Crippen LogP contribution in [0.1, 0.15) is 10.5 Å². The van der Waals surface area contributed by atoms with Crippen molar-refractivity contribution in [2.45, 2.75) is 0 Å². The van der Waals surface area contributed by atoms with Crippen LogP contribution in [0, 0.1) is 5.82 Å². The molecule has 5 nitrogen and oxygen atoms in total. The first-order valence-corrected chi connectivity index (χ1v) is 5.49. The van der Waals surface area contributed by atoms with Crippen molar-refractivity contribution in [2.75, 3.05) is 17.7 Å². The molecule has 3 N–H and O–H groups in total. The number of nitrogens with two attached hydrogens (primary N) is 1. The Labute approximate surface area is 109 Å². The highest BCUT2D eigenvalue weighted by Crippen LogP contribution is 2.28. The molecule has 1 aromatic heterocycles. The number of anilines is 3. The molecule has 0 spiro atoms. The van der Waals surface area contributed by atoms with Crippen molar-refractivity contribution in [1.82, 2.24) is 4.98 Å². The standard InChI is InChI=1S/C13H12FN3O2/c1-17(11-5-3-2-4-8(11)14)12-9(15)6-7-10(16-12)13(18)19/h2-7H,15H2,1H3,(H,18,19). The van der Waals surface area contributed by atoms with Crippen LogP contribution < -0.4 is 10.6 Å². The lowest BCUT2D eigenvalue weighted by Gasteiger charge is -2.20. The Kier molecular flexibility index (Phi) is 3.33. The molecule has 0 saturated carbocycles. The summed E-state index contributed by atoms with van der Waals surface area (Å²) in [5, 5.41) is 8.91. The predicted octanol–water partition coefficient (Wildman–Crippen LogP) is 2.27. The number of nitrogens with zero attached hydrogens (tertiary/aromatic N) is 2. The van der Waals surface area contributed by atoms with Gasteiger partial charge in [-0.15, -0.1) is 0 Å². The SMILES string of the molecule is CN(c1ccccc1F)c1nc(C(=O)O)ccc1N. The van der Waals surface area contributed by atoms with Crippen LogP contribution in [0.15, 0.2) is 36.4 Å². The fourth-order valence-corrected chi connectivity index (χ4v) is 1.68. The highest BCUT2D eigenvalue weighted by atomic mass is 19.1. The third-order valence-corrected chi connectivity index (χ3v) is 2.66. The van der Waals surface area contributed by atoms with Gasteiger partial charge in [0.2, 0.25) is 0 Å². The number of para-hydroxylation sites is 1. The van der Waals surface area contributed by atoms with E-state index < -0.39 is 11.8 Å². The lowest BCUT2D eigenvalue weighted by molar-refractivity contribution is 0.0690. The molecule has 2 aromatic rings. The van der Waals surface area contributed by atoms with Crippen molar-refractivity contribution in [3.05, 3.63) is 47.9 Å². The fourth-order valence-electron chi connectivity index (χ4n) is 1.68. The number of aromatic carboxylic acids is 1. The molecule has 0 fully saturated rings. The first-order valence-electron chi connectivity index (χ1n) is 5.49. The van der Waals surface area contributed by atoms with Crippen molar-refractivity contribution in [2.24, 2.45) is 0 Å². The number of carboxylic acid groups (broad SMARTS) is 1. The molecule has 0 radical (unpaired) electrons. The molecule has 0 aliphatic rings. The van der Waals surface area contributed by atoms with E-state index in [0.29, 0.717) is 0 Å². The molecule has 0 saturated heterocycles. The average Bonchev–Trinajstić information content (AvgIpc) is 2.38. The highest BCUT2D eigenvalue weighted by Gasteiger charge is 2.15. The summed E-state index contributed by atoms with van der Waals surface area (Å²) in [5.41, 5.74) is 6.15. The second-order valence-electron chi connectivity index (χ2n) is 3.92. The minimum absolute atomic E-state index is 0.146. The number of hydrogen-bond acceptors (Lipinski definition) is 4. The maximum absolute atomic E-state index is 13.7. The summed E-state index contributed by atoms with van der Waals surface area (Å²) in [5.74, 6) is -1.40. The van der Waals surface area contributed by atoms with E-state index in [1.54, 1.807) is 25.2 Å². The zero-order valence-electron chi connectivity index (χ0n) is 10.2. The van der Waals surface area contributed by atoms with E-state index in [1.165, 1.54) is 23.1 Å². The van der Waals surface area contributed by atoms with Crippen LogP contribution in [0.5, 0.6) is 0 Å². The van der Waals surface area contributed by atoms with Crippen LogP contribution in [0.2, 0.25) is 0 Å². The van der Waals surface area contributed by atoms with Crippen LogP contribution in [0.25, 0.3) is 0 Å². The summed E-state index contributed by atoms with van der Waals surface area (Å²) in [6, 6.07) is 8.84. The number of nitrogen functional groups attached to an aromatic ring is 1. The van der Waals surface area contributed by atoms with E-state index in [4.69, 9.17) is 10.8 Å². The smallest absolute Gasteiger partial charge is 0.354 e. The van der Waals surface area contributed by atoms with E-state index in [2.05, 4.69) is 4.98 Å². The monoisotopic (exact) mass is 261 g/mol. The number of benzene rings is 1. The van der Waals surface area contributed by atoms with Gasteiger partial charge in [-0.25, -0.2) is 14.2 Å². The van der Waals surface area contributed by atoms with Crippen LogP contribution in [-0.4, -0.2) is 23.1 Å². The summed E-state index contributed by atoms with van der Waals surface area (Å²) in [7, 11) is 1.57. The number of hydrogen-bond donors (Lipinski definition) is 2. The molecule has 6 heteroatoms. The fraction of sp³-hybridized carbons (Fsp3) is 0.0769. The molecule has 19 heavy (non-hydrogen) atoms. The first-order chi connectivity index (χ1) is 9.00. The largest absolute Gasteiger partial charge is 0.477 e. The maximum atomic E-state index is 13.7. The zero-order valence-corrected chi connectivity index (χ0v) is 10.2. The van der Waals surface area contributed by atoms with Crippen LogP contribution >= 0.6 is 0 Å². The van der Waals surface area contributed by atoms with Gasteiger partial charge in [0.25, 0.3) is 0 Å². The van der Waals surface area contributed by atoms with Crippen LogP contribution in [0.3, 0.4) is 0 Å². The third-order valence-electron chi connectivity index (χ3n) is 2.66. The van der Waals surface area contributed by atoms with Crippen molar-refractivity contribution in [1.29, 1.82) is 0 Å². The van der Waals surface area contributed by atoms with Gasteiger partial charge in [-0.2, -0.15) is 0 Å². The second kappa shape index (κ2) is 4.93. The molecule has 0 bridgehead atoms. The van der Waals surface area contributed by atoms with E-state index in [9.17, 15) is 9.18 Å². The molecule has 0 aliphatic carbocycles. The lowest BCUT2D eigenvalue weighted by Crippen LogP contribution is -2.16. The van der Waals surface area contributed by atoms with E-state index >= 15 is 0 Å². The number of halogens is 1. The van der Waals surface area contributed by atoms with E-state index in [-0.39, 0.29) is 22.9 Å². The van der Waals surface area contributed by atoms with Gasteiger partial charge in [-0.1, -0.05) is 12.1 Å². The Morgan fingerprint density at radius 2 is 2.00 bits per heavy atom. The summed E-state index contributed by atoms with van der Waals surface area (Å²) in [4.78, 5) is 16.2. The lowest BCUT2D eigenvalue weighted by atomic mass is 10.2. The third kappa shape index (κ3) is 2.47. The normalized spacial score (nSPS) is 10.2. The minimum atomic E-state index is -1.16. The molecule has 2 rings (SSSR count). The topological polar surface area (TPSA) is 79.5 Å². The van der Waals surface area contributed by atoms with Gasteiger partial charge in [0.15, 0.2) is 11.5 Å². The second-order valence-corrected chi connectivity index (χ2v) is 3.92. The number of carboxylic acids is 1. The molecular weight excluding hydrogens is 249 g/mol. The molecule has 1 aromatic carbocycles. The molecule has 0 unspecified atom stereocenters. The summed E-state index contributed by atoms with van der Waals surface area (Å²) < 4.78 is 13.7. The van der Waals surface area contributed by atoms with Crippen LogP contribution in [0.4, 0.5) is 21.6 Å². The highest BCUT2D eigenvalue weighted by molar-refractivity contribution is 5.87. The number of rotatable bonds is 3. The van der Waals surface area contributed by atoms with Crippen molar-refractivity contribution >= 4 is 23.2 Å². The first kappa shape index (κ1) is 12.8. The van der Waals surface area contributed by atoms with Gasteiger partial charge < -0.3 is 15.7 Å². The van der Waals surface area contributed by atoms with Gasteiger partial charge in [-0.05, 0) is 24.3 Å². The van der Waals surface area contributed by atoms with E-state index in [0.717, 1.165) is 0 Å². The molecule has 98 valence electrons. The summed E-state index contributed by atoms with van der Waals surface area (Å²) >= 11 is 0. The quantitative estimate of drug-likeness (QED) is 0.886. The van der Waals surface area contributed by atoms with Crippen molar-refractivity contribution < 1.29 is 14.3 Å². The molecule has 1 heterocycles. The Hall–Kier alpha value is -2.63. The predicted molar refractivity (Wildman–Crippen MR) is 70.1 cm³/mol. The van der Waals surface area contributed by atoms with Crippen LogP contribution in [-0.2, 0) is 0 Å². The number of pyridine rings is 1. The Morgan fingerprint density at radius 3 is 2.63 bits per heavy atom. The Morgan fingerprint density at radius 1 is 1.32 bits per heavy atom. The maximum Gasteiger partial charge on any atom is 0.354 e. The van der Waals surface area contributed by atoms with Gasteiger partial charge in [0, 0.05) is 7.05 Å². The summed E-state index contributed by atoms with van der Waals surface area (Å²) in [6.07, 6.45) is 0. The molecule has 0 aliphatic heterocycles. The van der Waals surface area contributed by atoms with Crippen molar-refractivity contribution in [3.8, 4) is 0 Å².